The molecule has 0 aromatic carbocycles. The summed E-state index contributed by atoms with van der Waals surface area (Å²) in [6.45, 7) is 4.24. The highest BCUT2D eigenvalue weighted by Gasteiger charge is 2.29. The zero-order valence-corrected chi connectivity index (χ0v) is 15.9. The Morgan fingerprint density at radius 3 is 2.22 bits per heavy atom. The summed E-state index contributed by atoms with van der Waals surface area (Å²) >= 11 is 0. The van der Waals surface area contributed by atoms with E-state index in [0.717, 1.165) is 31.9 Å². The van der Waals surface area contributed by atoms with Gasteiger partial charge in [-0.25, -0.2) is 16.8 Å². The number of unbranched alkanes of at least 4 members (excludes halogenated alkanes) is 2. The van der Waals surface area contributed by atoms with Crippen LogP contribution in [0.2, 0.25) is 0 Å². The lowest BCUT2D eigenvalue weighted by Gasteiger charge is -2.19. The van der Waals surface area contributed by atoms with Crippen molar-refractivity contribution in [2.45, 2.75) is 57.6 Å². The van der Waals surface area contributed by atoms with Crippen LogP contribution in [0.15, 0.2) is 5.11 Å². The highest BCUT2D eigenvalue weighted by Crippen LogP contribution is 2.19. The van der Waals surface area contributed by atoms with E-state index in [2.05, 4.69) is 10.0 Å². The maximum atomic E-state index is 12.5. The van der Waals surface area contributed by atoms with Gasteiger partial charge >= 0.3 is 0 Å². The van der Waals surface area contributed by atoms with Crippen LogP contribution in [0.25, 0.3) is 10.4 Å². The number of hydrogen-bond donors (Lipinski definition) is 0. The second-order valence-corrected chi connectivity index (χ2v) is 10.8. The first-order valence-corrected chi connectivity index (χ1v) is 11.8. The molecule has 0 aliphatic rings. The first-order chi connectivity index (χ1) is 10.6. The summed E-state index contributed by atoms with van der Waals surface area (Å²) in [5, 5.41) is 2.64. The van der Waals surface area contributed by atoms with Gasteiger partial charge in [-0.1, -0.05) is 38.2 Å². The highest BCUT2D eigenvalue weighted by molar-refractivity contribution is 7.95. The van der Waals surface area contributed by atoms with Crippen molar-refractivity contribution in [2.75, 3.05) is 24.3 Å². The third kappa shape index (κ3) is 11.4. The van der Waals surface area contributed by atoms with Crippen molar-refractivity contribution in [3.05, 3.63) is 10.4 Å². The van der Waals surface area contributed by atoms with E-state index in [9.17, 15) is 16.8 Å². The van der Waals surface area contributed by atoms with E-state index in [1.807, 2.05) is 13.8 Å². The van der Waals surface area contributed by atoms with Gasteiger partial charge in [-0.3, -0.25) is 0 Å². The fourth-order valence-electron chi connectivity index (χ4n) is 2.47. The smallest absolute Gasteiger partial charge is 0.154 e. The summed E-state index contributed by atoms with van der Waals surface area (Å²) in [7, 11) is -6.76. The SMILES string of the molecule is CCCCC(CS(C)(=O)=O)S(=O)(=O)CC(C)CCCCN=[N+]=[N-]. The number of nitrogens with zero attached hydrogens (tertiary/aromatic N) is 3. The maximum Gasteiger partial charge on any atom is 0.154 e. The van der Waals surface area contributed by atoms with Gasteiger partial charge in [0.05, 0.1) is 16.8 Å². The van der Waals surface area contributed by atoms with Gasteiger partial charge in [0, 0.05) is 17.7 Å². The molecular formula is C14H29N3O4S2. The summed E-state index contributed by atoms with van der Waals surface area (Å²) in [4.78, 5) is 2.67. The molecule has 0 amide bonds. The summed E-state index contributed by atoms with van der Waals surface area (Å²) in [6, 6.07) is 0. The summed E-state index contributed by atoms with van der Waals surface area (Å²) < 4.78 is 48.1. The van der Waals surface area contributed by atoms with E-state index in [1.54, 1.807) is 0 Å². The zero-order valence-electron chi connectivity index (χ0n) is 14.3. The molecule has 0 N–H and O–H groups in total. The maximum absolute atomic E-state index is 12.5. The number of azide groups is 1. The fraction of sp³-hybridized carbons (Fsp3) is 1.00. The number of sulfone groups is 2. The van der Waals surface area contributed by atoms with Crippen LogP contribution in [-0.4, -0.2) is 46.4 Å². The molecule has 0 saturated carbocycles. The predicted octanol–water partition coefficient (Wildman–Crippen LogP) is 3.12. The minimum absolute atomic E-state index is 0.0123. The largest absolute Gasteiger partial charge is 0.229 e. The van der Waals surface area contributed by atoms with Crippen LogP contribution in [-0.2, 0) is 19.7 Å². The van der Waals surface area contributed by atoms with Crippen LogP contribution in [0.3, 0.4) is 0 Å². The van der Waals surface area contributed by atoms with E-state index in [1.165, 1.54) is 0 Å². The Labute approximate surface area is 140 Å². The van der Waals surface area contributed by atoms with Crippen LogP contribution in [0.4, 0.5) is 0 Å². The van der Waals surface area contributed by atoms with Gasteiger partial charge in [0.15, 0.2) is 9.84 Å². The molecule has 136 valence electrons. The Morgan fingerprint density at radius 1 is 1.04 bits per heavy atom. The van der Waals surface area contributed by atoms with Crippen molar-refractivity contribution in [2.24, 2.45) is 11.0 Å². The van der Waals surface area contributed by atoms with Crippen molar-refractivity contribution in [1.29, 1.82) is 0 Å². The Morgan fingerprint density at radius 2 is 1.70 bits per heavy atom. The number of hydrogen-bond acceptors (Lipinski definition) is 5. The molecule has 0 aliphatic heterocycles. The fourth-order valence-corrected chi connectivity index (χ4v) is 6.64. The number of rotatable bonds is 13. The van der Waals surface area contributed by atoms with E-state index in [4.69, 9.17) is 5.53 Å². The second-order valence-electron chi connectivity index (χ2n) is 6.24. The lowest BCUT2D eigenvalue weighted by atomic mass is 10.1. The molecule has 0 spiro atoms. The van der Waals surface area contributed by atoms with Crippen LogP contribution in [0.5, 0.6) is 0 Å². The zero-order chi connectivity index (χ0) is 17.9. The van der Waals surface area contributed by atoms with Crippen molar-refractivity contribution in [1.82, 2.24) is 0 Å². The predicted molar refractivity (Wildman–Crippen MR) is 93.8 cm³/mol. The molecule has 2 atom stereocenters. The molecule has 0 bridgehead atoms. The Hall–Kier alpha value is -0.790. The third-order valence-corrected chi connectivity index (χ3v) is 7.33. The van der Waals surface area contributed by atoms with E-state index in [-0.39, 0.29) is 17.4 Å². The topological polar surface area (TPSA) is 117 Å². The van der Waals surface area contributed by atoms with Crippen LogP contribution in [0, 0.1) is 5.92 Å². The monoisotopic (exact) mass is 367 g/mol. The molecule has 0 heterocycles. The molecule has 0 fully saturated rings. The van der Waals surface area contributed by atoms with Crippen molar-refractivity contribution in [3.63, 3.8) is 0 Å². The molecule has 0 aliphatic carbocycles. The molecule has 0 saturated heterocycles. The average molecular weight is 368 g/mol. The summed E-state index contributed by atoms with van der Waals surface area (Å²) in [6.07, 6.45) is 5.28. The van der Waals surface area contributed by atoms with Crippen molar-refractivity contribution < 1.29 is 16.8 Å². The Balaban J connectivity index is 4.65. The van der Waals surface area contributed by atoms with Crippen LogP contribution < -0.4 is 0 Å². The summed E-state index contributed by atoms with van der Waals surface area (Å²) in [5.41, 5.74) is 8.18. The lowest BCUT2D eigenvalue weighted by molar-refractivity contribution is 0.515. The minimum atomic E-state index is -3.44. The standard InChI is InChI=1S/C14H29N3O4S2/c1-4-5-9-14(12-22(3,18)19)23(20,21)11-13(2)8-6-7-10-16-17-15/h13-14H,4-12H2,1-3H3. The van der Waals surface area contributed by atoms with Gasteiger partial charge in [-0.2, -0.15) is 0 Å². The van der Waals surface area contributed by atoms with E-state index in [0.29, 0.717) is 19.4 Å². The Bertz CT molecular complexity index is 581. The highest BCUT2D eigenvalue weighted by atomic mass is 32.2. The minimum Gasteiger partial charge on any atom is -0.229 e. The molecule has 9 heteroatoms. The quantitative estimate of drug-likeness (QED) is 0.215. The van der Waals surface area contributed by atoms with Gasteiger partial charge in [0.2, 0.25) is 0 Å². The second kappa shape index (κ2) is 10.9. The molecule has 23 heavy (non-hydrogen) atoms. The lowest BCUT2D eigenvalue weighted by Crippen LogP contribution is -2.33. The van der Waals surface area contributed by atoms with Gasteiger partial charge in [0.25, 0.3) is 0 Å². The van der Waals surface area contributed by atoms with Crippen molar-refractivity contribution in [3.8, 4) is 0 Å². The third-order valence-electron chi connectivity index (χ3n) is 3.66. The van der Waals surface area contributed by atoms with Gasteiger partial charge < -0.3 is 0 Å². The average Bonchev–Trinajstić information content (AvgIpc) is 2.41. The van der Waals surface area contributed by atoms with Crippen molar-refractivity contribution >= 4 is 19.7 Å². The molecule has 0 rings (SSSR count). The van der Waals surface area contributed by atoms with Crippen LogP contribution in [0.1, 0.15) is 52.4 Å². The molecule has 0 aromatic heterocycles. The van der Waals surface area contributed by atoms with E-state index >= 15 is 0 Å². The molecule has 0 aromatic rings. The molecule has 2 unspecified atom stereocenters. The Kier molecular flexibility index (Phi) is 10.5. The molecule has 7 nitrogen and oxygen atoms in total. The molecule has 0 radical (unpaired) electrons. The van der Waals surface area contributed by atoms with Crippen LogP contribution >= 0.6 is 0 Å². The summed E-state index contributed by atoms with van der Waals surface area (Å²) in [5.74, 6) is -0.313. The normalized spacial score (nSPS) is 14.9. The van der Waals surface area contributed by atoms with Gasteiger partial charge in [-0.15, -0.1) is 0 Å². The van der Waals surface area contributed by atoms with Gasteiger partial charge in [0.1, 0.15) is 9.84 Å². The van der Waals surface area contributed by atoms with E-state index < -0.39 is 24.9 Å². The molecular weight excluding hydrogens is 338 g/mol. The first kappa shape index (κ1) is 22.2. The first-order valence-electron chi connectivity index (χ1n) is 8.02. The van der Waals surface area contributed by atoms with Gasteiger partial charge in [-0.05, 0) is 30.7 Å².